The highest BCUT2D eigenvalue weighted by molar-refractivity contribution is 5.92. The van der Waals surface area contributed by atoms with Crippen LogP contribution in [0.5, 0.6) is 0 Å². The number of hydrogen-bond donors (Lipinski definition) is 2. The lowest BCUT2D eigenvalue weighted by molar-refractivity contribution is -0.138. The molecule has 1 aromatic rings. The van der Waals surface area contributed by atoms with Gasteiger partial charge >= 0.3 is 5.97 Å². The van der Waals surface area contributed by atoms with E-state index >= 15 is 0 Å². The lowest BCUT2D eigenvalue weighted by Gasteiger charge is -2.16. The second-order valence-corrected chi connectivity index (χ2v) is 4.76. The van der Waals surface area contributed by atoms with Crippen molar-refractivity contribution in [3.8, 4) is 6.07 Å². The molecule has 2 N–H and O–H groups in total. The Balaban J connectivity index is 2.65. The van der Waals surface area contributed by atoms with E-state index in [1.165, 1.54) is 0 Å². The smallest absolute Gasteiger partial charge is 0.303 e. The van der Waals surface area contributed by atoms with Gasteiger partial charge in [0.15, 0.2) is 0 Å². The molecule has 1 amide bonds. The van der Waals surface area contributed by atoms with Crippen molar-refractivity contribution in [2.45, 2.75) is 32.1 Å². The average Bonchev–Trinajstić information content (AvgIpc) is 2.37. The number of benzene rings is 1. The molecule has 0 unspecified atom stereocenters. The molecule has 100 valence electrons. The van der Waals surface area contributed by atoms with Gasteiger partial charge in [0.05, 0.1) is 17.9 Å². The SMILES string of the molecule is CC(C)(C#N)c1ccc(NC(=O)CCC(=O)O)cc1. The summed E-state index contributed by atoms with van der Waals surface area (Å²) in [5.74, 6) is -1.34. The van der Waals surface area contributed by atoms with Gasteiger partial charge in [-0.3, -0.25) is 9.59 Å². The lowest BCUT2D eigenvalue weighted by Crippen LogP contribution is -2.15. The second kappa shape index (κ2) is 6.01. The molecule has 0 bridgehead atoms. The number of carboxylic acid groups (broad SMARTS) is 1. The quantitative estimate of drug-likeness (QED) is 0.849. The van der Waals surface area contributed by atoms with Gasteiger partial charge in [-0.1, -0.05) is 12.1 Å². The highest BCUT2D eigenvalue weighted by Gasteiger charge is 2.19. The van der Waals surface area contributed by atoms with E-state index in [0.29, 0.717) is 5.69 Å². The van der Waals surface area contributed by atoms with Gasteiger partial charge in [0.1, 0.15) is 0 Å². The van der Waals surface area contributed by atoms with E-state index in [9.17, 15) is 9.59 Å². The number of amides is 1. The third kappa shape index (κ3) is 4.43. The van der Waals surface area contributed by atoms with Crippen molar-refractivity contribution in [1.29, 1.82) is 5.26 Å². The summed E-state index contributed by atoms with van der Waals surface area (Å²) in [6, 6.07) is 9.15. The Bertz CT molecular complexity index is 512. The topological polar surface area (TPSA) is 90.2 Å². The maximum Gasteiger partial charge on any atom is 0.303 e. The molecule has 0 aliphatic heterocycles. The number of rotatable bonds is 5. The Morgan fingerprint density at radius 2 is 1.84 bits per heavy atom. The van der Waals surface area contributed by atoms with Gasteiger partial charge in [0.25, 0.3) is 0 Å². The summed E-state index contributed by atoms with van der Waals surface area (Å²) in [7, 11) is 0. The fourth-order valence-electron chi connectivity index (χ4n) is 1.48. The van der Waals surface area contributed by atoms with Crippen LogP contribution in [0.2, 0.25) is 0 Å². The van der Waals surface area contributed by atoms with E-state index in [1.54, 1.807) is 24.3 Å². The Kier molecular flexibility index (Phi) is 4.65. The number of carbonyl (C=O) groups excluding carboxylic acids is 1. The molecule has 5 nitrogen and oxygen atoms in total. The second-order valence-electron chi connectivity index (χ2n) is 4.76. The van der Waals surface area contributed by atoms with Gasteiger partial charge in [-0.15, -0.1) is 0 Å². The minimum Gasteiger partial charge on any atom is -0.481 e. The number of anilines is 1. The molecule has 0 saturated carbocycles. The monoisotopic (exact) mass is 260 g/mol. The number of carboxylic acids is 1. The highest BCUT2D eigenvalue weighted by Crippen LogP contribution is 2.23. The van der Waals surface area contributed by atoms with Crippen molar-refractivity contribution < 1.29 is 14.7 Å². The summed E-state index contributed by atoms with van der Waals surface area (Å²) in [6.07, 6.45) is -0.244. The molecule has 0 aromatic heterocycles. The first-order valence-corrected chi connectivity index (χ1v) is 5.88. The van der Waals surface area contributed by atoms with E-state index in [0.717, 1.165) is 5.56 Å². The molecule has 0 atom stereocenters. The number of hydrogen-bond acceptors (Lipinski definition) is 3. The minimum atomic E-state index is -0.999. The molecular weight excluding hydrogens is 244 g/mol. The zero-order valence-corrected chi connectivity index (χ0v) is 10.9. The molecule has 1 aromatic carbocycles. The van der Waals surface area contributed by atoms with Crippen LogP contribution in [-0.2, 0) is 15.0 Å². The van der Waals surface area contributed by atoms with Crippen molar-refractivity contribution in [3.63, 3.8) is 0 Å². The van der Waals surface area contributed by atoms with Gasteiger partial charge in [-0.2, -0.15) is 5.26 Å². The van der Waals surface area contributed by atoms with Gasteiger partial charge in [0.2, 0.25) is 5.91 Å². The molecule has 5 heteroatoms. The van der Waals surface area contributed by atoms with E-state index in [2.05, 4.69) is 11.4 Å². The number of aliphatic carboxylic acids is 1. The standard InChI is InChI=1S/C14H16N2O3/c1-14(2,9-15)10-3-5-11(6-4-10)16-12(17)7-8-13(18)19/h3-6H,7-8H2,1-2H3,(H,16,17)(H,18,19). The van der Waals surface area contributed by atoms with Crippen molar-refractivity contribution in [3.05, 3.63) is 29.8 Å². The Hall–Kier alpha value is -2.35. The Morgan fingerprint density at radius 3 is 2.32 bits per heavy atom. The van der Waals surface area contributed by atoms with E-state index in [-0.39, 0.29) is 18.7 Å². The third-order valence-corrected chi connectivity index (χ3v) is 2.74. The maximum absolute atomic E-state index is 11.4. The number of nitrogens with zero attached hydrogens (tertiary/aromatic N) is 1. The highest BCUT2D eigenvalue weighted by atomic mass is 16.4. The van der Waals surface area contributed by atoms with E-state index in [4.69, 9.17) is 10.4 Å². The minimum absolute atomic E-state index is 0.0548. The molecule has 0 heterocycles. The molecule has 0 aliphatic rings. The summed E-state index contributed by atoms with van der Waals surface area (Å²) in [6.45, 7) is 3.63. The summed E-state index contributed by atoms with van der Waals surface area (Å²) in [4.78, 5) is 21.8. The van der Waals surface area contributed by atoms with Crippen LogP contribution in [0.1, 0.15) is 32.3 Å². The maximum atomic E-state index is 11.4. The Labute approximate surface area is 111 Å². The lowest BCUT2D eigenvalue weighted by atomic mass is 9.86. The molecule has 0 aliphatic carbocycles. The molecular formula is C14H16N2O3. The zero-order chi connectivity index (χ0) is 14.5. The largest absolute Gasteiger partial charge is 0.481 e. The fraction of sp³-hybridized carbons (Fsp3) is 0.357. The molecule has 0 fully saturated rings. The molecule has 1 rings (SSSR count). The summed E-state index contributed by atoms with van der Waals surface area (Å²) < 4.78 is 0. The van der Waals surface area contributed by atoms with Crippen LogP contribution >= 0.6 is 0 Å². The first kappa shape index (κ1) is 14.7. The molecule has 19 heavy (non-hydrogen) atoms. The van der Waals surface area contributed by atoms with Crippen LogP contribution in [-0.4, -0.2) is 17.0 Å². The molecule has 0 spiro atoms. The Morgan fingerprint density at radius 1 is 1.26 bits per heavy atom. The predicted octanol–water partition coefficient (Wildman–Crippen LogP) is 2.29. The first-order chi connectivity index (χ1) is 8.85. The first-order valence-electron chi connectivity index (χ1n) is 5.88. The fourth-order valence-corrected chi connectivity index (χ4v) is 1.48. The van der Waals surface area contributed by atoms with Gasteiger partial charge < -0.3 is 10.4 Å². The van der Waals surface area contributed by atoms with Gasteiger partial charge in [-0.25, -0.2) is 0 Å². The zero-order valence-electron chi connectivity index (χ0n) is 10.9. The van der Waals surface area contributed by atoms with Crippen molar-refractivity contribution >= 4 is 17.6 Å². The van der Waals surface area contributed by atoms with Crippen LogP contribution in [0.4, 0.5) is 5.69 Å². The average molecular weight is 260 g/mol. The molecule has 0 radical (unpaired) electrons. The third-order valence-electron chi connectivity index (χ3n) is 2.74. The van der Waals surface area contributed by atoms with Crippen LogP contribution in [0.3, 0.4) is 0 Å². The molecule has 0 saturated heterocycles. The number of nitrogens with one attached hydrogen (secondary N) is 1. The van der Waals surface area contributed by atoms with Crippen LogP contribution < -0.4 is 5.32 Å². The predicted molar refractivity (Wildman–Crippen MR) is 70.6 cm³/mol. The van der Waals surface area contributed by atoms with Gasteiger partial charge in [-0.05, 0) is 31.5 Å². The van der Waals surface area contributed by atoms with Crippen molar-refractivity contribution in [2.75, 3.05) is 5.32 Å². The van der Waals surface area contributed by atoms with Crippen LogP contribution in [0, 0.1) is 11.3 Å². The van der Waals surface area contributed by atoms with Crippen molar-refractivity contribution in [1.82, 2.24) is 0 Å². The van der Waals surface area contributed by atoms with Crippen LogP contribution in [0.15, 0.2) is 24.3 Å². The van der Waals surface area contributed by atoms with E-state index in [1.807, 2.05) is 13.8 Å². The normalized spacial score (nSPS) is 10.6. The van der Waals surface area contributed by atoms with Gasteiger partial charge in [0, 0.05) is 12.1 Å². The summed E-state index contributed by atoms with van der Waals surface area (Å²) >= 11 is 0. The summed E-state index contributed by atoms with van der Waals surface area (Å²) in [5, 5.41) is 20.1. The number of nitriles is 1. The van der Waals surface area contributed by atoms with Crippen LogP contribution in [0.25, 0.3) is 0 Å². The van der Waals surface area contributed by atoms with E-state index < -0.39 is 11.4 Å². The van der Waals surface area contributed by atoms with Crippen molar-refractivity contribution in [2.24, 2.45) is 0 Å². The number of carbonyl (C=O) groups is 2. The summed E-state index contributed by atoms with van der Waals surface area (Å²) in [5.41, 5.74) is 0.873.